The fourth-order valence-electron chi connectivity index (χ4n) is 5.20. The molecule has 0 aromatic heterocycles. The lowest BCUT2D eigenvalue weighted by Crippen LogP contribution is -2.44. The van der Waals surface area contributed by atoms with Gasteiger partial charge in [-0.2, -0.15) is 0 Å². The lowest BCUT2D eigenvalue weighted by Gasteiger charge is -2.32. The minimum Gasteiger partial charge on any atom is -0.484 e. The van der Waals surface area contributed by atoms with Crippen LogP contribution < -0.4 is 20.3 Å². The predicted octanol–water partition coefficient (Wildman–Crippen LogP) is 1.89. The maximum Gasteiger partial charge on any atom is 0.313 e. The molecule has 2 aromatic carbocycles. The summed E-state index contributed by atoms with van der Waals surface area (Å²) >= 11 is 0. The van der Waals surface area contributed by atoms with Gasteiger partial charge in [-0.3, -0.25) is 19.2 Å². The highest BCUT2D eigenvalue weighted by Gasteiger charge is 2.32. The molecular weight excluding hydrogens is 460 g/mol. The second kappa shape index (κ2) is 10.4. The van der Waals surface area contributed by atoms with Gasteiger partial charge in [-0.25, -0.2) is 0 Å². The van der Waals surface area contributed by atoms with Crippen LogP contribution in [0.5, 0.6) is 5.75 Å². The standard InChI is InChI=1S/C27H30N4O5/c32-23-15-20-14-21(13-19-5-4-10-31(23)25(19)20)29-27(35)26(34)28-16-18-8-11-30(12-9-18)24(33)17-36-22-6-2-1-3-7-22/h1-3,6-7,13-14,18H,4-5,8-12,15-17H2,(H,28,34)(H,29,35). The normalized spacial score (nSPS) is 16.9. The smallest absolute Gasteiger partial charge is 0.313 e. The number of ether oxygens (including phenoxy) is 1. The Bertz CT molecular complexity index is 1170. The first kappa shape index (κ1) is 23.8. The minimum atomic E-state index is -0.718. The van der Waals surface area contributed by atoms with Crippen LogP contribution in [-0.2, 0) is 32.0 Å². The number of carbonyl (C=O) groups excluding carboxylic acids is 4. The van der Waals surface area contributed by atoms with Crippen LogP contribution in [-0.4, -0.2) is 61.3 Å². The quantitative estimate of drug-likeness (QED) is 0.602. The Morgan fingerprint density at radius 1 is 0.972 bits per heavy atom. The van der Waals surface area contributed by atoms with Crippen molar-refractivity contribution in [3.8, 4) is 5.75 Å². The van der Waals surface area contributed by atoms with Crippen molar-refractivity contribution in [2.75, 3.05) is 43.0 Å². The summed E-state index contributed by atoms with van der Waals surface area (Å²) in [7, 11) is 0. The van der Waals surface area contributed by atoms with Gasteiger partial charge in [0.15, 0.2) is 6.61 Å². The number of aryl methyl sites for hydroxylation is 1. The second-order valence-corrected chi connectivity index (χ2v) is 9.56. The molecule has 3 heterocycles. The molecule has 9 nitrogen and oxygen atoms in total. The van der Waals surface area contributed by atoms with E-state index in [1.54, 1.807) is 11.0 Å². The lowest BCUT2D eigenvalue weighted by atomic mass is 9.96. The molecule has 2 aromatic rings. The molecule has 0 unspecified atom stereocenters. The summed E-state index contributed by atoms with van der Waals surface area (Å²) in [5.74, 6) is -0.511. The molecule has 5 rings (SSSR count). The van der Waals surface area contributed by atoms with Crippen molar-refractivity contribution in [3.63, 3.8) is 0 Å². The van der Waals surface area contributed by atoms with Crippen LogP contribution in [0, 0.1) is 5.92 Å². The largest absolute Gasteiger partial charge is 0.484 e. The number of hydrogen-bond donors (Lipinski definition) is 2. The van der Waals surface area contributed by atoms with E-state index in [1.165, 1.54) is 0 Å². The zero-order valence-corrected chi connectivity index (χ0v) is 20.1. The van der Waals surface area contributed by atoms with Crippen molar-refractivity contribution < 1.29 is 23.9 Å². The maximum atomic E-state index is 12.5. The molecule has 0 atom stereocenters. The van der Waals surface area contributed by atoms with Crippen LogP contribution in [0.25, 0.3) is 0 Å². The Balaban J connectivity index is 1.06. The highest BCUT2D eigenvalue weighted by atomic mass is 16.5. The molecule has 0 radical (unpaired) electrons. The molecule has 36 heavy (non-hydrogen) atoms. The Kier molecular flexibility index (Phi) is 6.88. The Morgan fingerprint density at radius 3 is 2.50 bits per heavy atom. The van der Waals surface area contributed by atoms with Gasteiger partial charge in [-0.05, 0) is 67.0 Å². The molecule has 0 spiro atoms. The van der Waals surface area contributed by atoms with E-state index in [2.05, 4.69) is 10.6 Å². The van der Waals surface area contributed by atoms with Crippen LogP contribution in [0.4, 0.5) is 11.4 Å². The summed E-state index contributed by atoms with van der Waals surface area (Å²) in [6.45, 7) is 2.31. The van der Waals surface area contributed by atoms with Crippen LogP contribution >= 0.6 is 0 Å². The number of para-hydroxylation sites is 1. The summed E-state index contributed by atoms with van der Waals surface area (Å²) in [6.07, 6.45) is 3.56. The van der Waals surface area contributed by atoms with Crippen LogP contribution in [0.3, 0.4) is 0 Å². The summed E-state index contributed by atoms with van der Waals surface area (Å²) in [5.41, 5.74) is 3.47. The Morgan fingerprint density at radius 2 is 1.72 bits per heavy atom. The van der Waals surface area contributed by atoms with Crippen molar-refractivity contribution in [3.05, 3.63) is 53.6 Å². The molecule has 3 aliphatic heterocycles. The number of rotatable bonds is 6. The summed E-state index contributed by atoms with van der Waals surface area (Å²) in [4.78, 5) is 53.2. The van der Waals surface area contributed by atoms with Crippen molar-refractivity contribution in [1.82, 2.24) is 10.2 Å². The summed E-state index contributed by atoms with van der Waals surface area (Å²) < 4.78 is 5.54. The van der Waals surface area contributed by atoms with Gasteiger partial charge in [-0.1, -0.05) is 18.2 Å². The van der Waals surface area contributed by atoms with Gasteiger partial charge < -0.3 is 25.2 Å². The first-order valence-electron chi connectivity index (χ1n) is 12.5. The van der Waals surface area contributed by atoms with Crippen molar-refractivity contribution >= 4 is 35.0 Å². The SMILES string of the molecule is O=C(NCC1CCN(C(=O)COc2ccccc2)CC1)C(=O)Nc1cc2c3c(c1)CC(=O)N3CCC2. The van der Waals surface area contributed by atoms with Crippen molar-refractivity contribution in [2.45, 2.75) is 32.1 Å². The number of likely N-dealkylation sites (tertiary alicyclic amines) is 1. The number of nitrogens with zero attached hydrogens (tertiary/aromatic N) is 2. The second-order valence-electron chi connectivity index (χ2n) is 9.56. The summed E-state index contributed by atoms with van der Waals surface area (Å²) in [6, 6.07) is 12.9. The molecule has 2 N–H and O–H groups in total. The molecule has 9 heteroatoms. The van der Waals surface area contributed by atoms with Crippen LogP contribution in [0.1, 0.15) is 30.4 Å². The summed E-state index contributed by atoms with van der Waals surface area (Å²) in [5, 5.41) is 5.42. The molecule has 4 amide bonds. The van der Waals surface area contributed by atoms with E-state index in [0.717, 1.165) is 49.0 Å². The number of benzene rings is 2. The molecule has 1 fully saturated rings. The number of piperidine rings is 1. The van der Waals surface area contributed by atoms with E-state index in [9.17, 15) is 19.2 Å². The molecule has 3 aliphatic rings. The van der Waals surface area contributed by atoms with Gasteiger partial charge in [0.2, 0.25) is 5.91 Å². The van der Waals surface area contributed by atoms with E-state index in [-0.39, 0.29) is 24.3 Å². The van der Waals surface area contributed by atoms with E-state index in [4.69, 9.17) is 4.74 Å². The zero-order chi connectivity index (χ0) is 25.1. The maximum absolute atomic E-state index is 12.5. The monoisotopic (exact) mass is 490 g/mol. The number of nitrogens with one attached hydrogen (secondary N) is 2. The van der Waals surface area contributed by atoms with Gasteiger partial charge in [0.25, 0.3) is 5.91 Å². The third-order valence-corrected chi connectivity index (χ3v) is 7.10. The molecule has 1 saturated heterocycles. The van der Waals surface area contributed by atoms with Crippen LogP contribution in [0.15, 0.2) is 42.5 Å². The molecular formula is C27H30N4O5. The van der Waals surface area contributed by atoms with E-state index < -0.39 is 11.8 Å². The van der Waals surface area contributed by atoms with E-state index in [1.807, 2.05) is 41.3 Å². The molecule has 0 aliphatic carbocycles. The van der Waals surface area contributed by atoms with Gasteiger partial charge in [0.1, 0.15) is 5.75 Å². The number of anilines is 2. The highest BCUT2D eigenvalue weighted by Crippen LogP contribution is 2.38. The topological polar surface area (TPSA) is 108 Å². The molecule has 0 saturated carbocycles. The van der Waals surface area contributed by atoms with Crippen molar-refractivity contribution in [1.29, 1.82) is 0 Å². The predicted molar refractivity (Wildman–Crippen MR) is 134 cm³/mol. The van der Waals surface area contributed by atoms with Gasteiger partial charge in [0.05, 0.1) is 12.1 Å². The van der Waals surface area contributed by atoms with E-state index >= 15 is 0 Å². The Labute approximate surface area is 209 Å². The third-order valence-electron chi connectivity index (χ3n) is 7.10. The molecule has 0 bridgehead atoms. The van der Waals surface area contributed by atoms with Crippen LogP contribution in [0.2, 0.25) is 0 Å². The first-order chi connectivity index (χ1) is 17.5. The Hall–Kier alpha value is -3.88. The van der Waals surface area contributed by atoms with Gasteiger partial charge in [0, 0.05) is 31.9 Å². The fourth-order valence-corrected chi connectivity index (χ4v) is 5.20. The lowest BCUT2D eigenvalue weighted by molar-refractivity contribution is -0.136. The third kappa shape index (κ3) is 5.19. The van der Waals surface area contributed by atoms with Crippen molar-refractivity contribution in [2.24, 2.45) is 5.92 Å². The average molecular weight is 491 g/mol. The number of carbonyl (C=O) groups is 4. The first-order valence-corrected chi connectivity index (χ1v) is 12.5. The van der Waals surface area contributed by atoms with Gasteiger partial charge in [-0.15, -0.1) is 0 Å². The number of amides is 4. The fraction of sp³-hybridized carbons (Fsp3) is 0.407. The highest BCUT2D eigenvalue weighted by molar-refractivity contribution is 6.39. The number of hydrogen-bond acceptors (Lipinski definition) is 5. The average Bonchev–Trinajstić information content (AvgIpc) is 3.23. The van der Waals surface area contributed by atoms with E-state index in [0.29, 0.717) is 37.5 Å². The van der Waals surface area contributed by atoms with Gasteiger partial charge >= 0.3 is 11.8 Å². The molecule has 188 valence electrons. The minimum absolute atomic E-state index is 0.00217. The zero-order valence-electron chi connectivity index (χ0n) is 20.1.